The lowest BCUT2D eigenvalue weighted by atomic mass is 9.86. The molecule has 2 heterocycles. The van der Waals surface area contributed by atoms with Gasteiger partial charge in [-0.25, -0.2) is 0 Å². The van der Waals surface area contributed by atoms with Crippen molar-refractivity contribution in [3.63, 3.8) is 0 Å². The van der Waals surface area contributed by atoms with Gasteiger partial charge in [-0.2, -0.15) is 0 Å². The van der Waals surface area contributed by atoms with E-state index >= 15 is 0 Å². The molecule has 54 heavy (non-hydrogen) atoms. The Labute approximate surface area is 312 Å². The second kappa shape index (κ2) is 11.3. The standard InChI is InChI=1S/C52H34N2/c1-2-14-37-33(12-1)13-11-23-48(37)54-50-22-10-8-20-44(50)47-31-35(25-29-52(47)54)34-24-28-51-46(30-34)43-19-7-9-21-49(43)53(51)36-26-27-42-40-17-4-3-15-38(40)39-16-5-6-18-41(39)45(42)32-36/h1-5,7-17,19-32H,6,18H2. The summed E-state index contributed by atoms with van der Waals surface area (Å²) < 4.78 is 4.91. The molecule has 2 aromatic heterocycles. The van der Waals surface area contributed by atoms with E-state index < -0.39 is 0 Å². The van der Waals surface area contributed by atoms with Gasteiger partial charge in [0, 0.05) is 32.6 Å². The fourth-order valence-corrected chi connectivity index (χ4v) is 9.55. The molecule has 0 spiro atoms. The van der Waals surface area contributed by atoms with Crippen LogP contribution in [0.5, 0.6) is 0 Å². The predicted octanol–water partition coefficient (Wildman–Crippen LogP) is 14.0. The van der Waals surface area contributed by atoms with E-state index in [0.29, 0.717) is 0 Å². The van der Waals surface area contributed by atoms with Gasteiger partial charge < -0.3 is 9.13 Å². The normalized spacial score (nSPS) is 13.0. The molecular weight excluding hydrogens is 653 g/mol. The third kappa shape index (κ3) is 4.17. The van der Waals surface area contributed by atoms with Crippen molar-refractivity contribution < 1.29 is 0 Å². The summed E-state index contributed by atoms with van der Waals surface area (Å²) in [7, 11) is 0. The van der Waals surface area contributed by atoms with Crippen LogP contribution >= 0.6 is 0 Å². The predicted molar refractivity (Wildman–Crippen MR) is 230 cm³/mol. The van der Waals surface area contributed by atoms with E-state index in [2.05, 4.69) is 191 Å². The van der Waals surface area contributed by atoms with Crippen LogP contribution in [0.2, 0.25) is 0 Å². The maximum absolute atomic E-state index is 2.47. The Morgan fingerprint density at radius 1 is 0.370 bits per heavy atom. The van der Waals surface area contributed by atoms with Crippen molar-refractivity contribution in [2.24, 2.45) is 0 Å². The number of allylic oxidation sites excluding steroid dienone is 1. The molecule has 0 saturated carbocycles. The lowest BCUT2D eigenvalue weighted by Gasteiger charge is -2.19. The van der Waals surface area contributed by atoms with Crippen LogP contribution in [0.1, 0.15) is 17.5 Å². The minimum Gasteiger partial charge on any atom is -0.309 e. The summed E-state index contributed by atoms with van der Waals surface area (Å²) >= 11 is 0. The third-order valence-corrected chi connectivity index (χ3v) is 12.0. The van der Waals surface area contributed by atoms with Gasteiger partial charge in [0.25, 0.3) is 0 Å². The smallest absolute Gasteiger partial charge is 0.0541 e. The molecule has 12 rings (SSSR count). The molecule has 9 aromatic carbocycles. The van der Waals surface area contributed by atoms with E-state index in [1.165, 1.54) is 110 Å². The molecule has 2 nitrogen and oxygen atoms in total. The number of hydrogen-bond acceptors (Lipinski definition) is 0. The first kappa shape index (κ1) is 29.7. The van der Waals surface area contributed by atoms with E-state index in [0.717, 1.165) is 12.8 Å². The van der Waals surface area contributed by atoms with Crippen molar-refractivity contribution in [3.8, 4) is 22.5 Å². The lowest BCUT2D eigenvalue weighted by Crippen LogP contribution is -2.00. The van der Waals surface area contributed by atoms with Crippen LogP contribution < -0.4 is 0 Å². The Morgan fingerprint density at radius 2 is 0.944 bits per heavy atom. The van der Waals surface area contributed by atoms with Crippen molar-refractivity contribution in [2.75, 3.05) is 0 Å². The SMILES string of the molecule is C1=Cc2c(c3cc(-n4c5ccccc5c5cc(-c6ccc7c(c6)c6ccccc6n7-c6cccc7ccccc67)ccc54)ccc3c3ccccc23)CC1. The molecular formula is C52H34N2. The monoisotopic (exact) mass is 686 g/mol. The first-order valence-electron chi connectivity index (χ1n) is 19.0. The van der Waals surface area contributed by atoms with Gasteiger partial charge in [0.1, 0.15) is 0 Å². The number of rotatable bonds is 3. The van der Waals surface area contributed by atoms with Gasteiger partial charge in [-0.05, 0) is 117 Å². The van der Waals surface area contributed by atoms with Crippen LogP contribution in [0.15, 0.2) is 176 Å². The van der Waals surface area contributed by atoms with Crippen LogP contribution in [0.4, 0.5) is 0 Å². The fourth-order valence-electron chi connectivity index (χ4n) is 9.55. The van der Waals surface area contributed by atoms with Gasteiger partial charge in [-0.15, -0.1) is 0 Å². The molecule has 1 aliphatic rings. The van der Waals surface area contributed by atoms with Crippen LogP contribution in [0.3, 0.4) is 0 Å². The summed E-state index contributed by atoms with van der Waals surface area (Å²) in [6, 6.07) is 63.1. The summed E-state index contributed by atoms with van der Waals surface area (Å²) in [5.74, 6) is 0. The van der Waals surface area contributed by atoms with Gasteiger partial charge in [-0.3, -0.25) is 0 Å². The number of nitrogens with zero attached hydrogens (tertiary/aromatic N) is 2. The van der Waals surface area contributed by atoms with E-state index in [1.54, 1.807) is 0 Å². The van der Waals surface area contributed by atoms with E-state index in [4.69, 9.17) is 0 Å². The molecule has 252 valence electrons. The molecule has 11 aromatic rings. The number of hydrogen-bond donors (Lipinski definition) is 0. The highest BCUT2D eigenvalue weighted by molar-refractivity contribution is 6.15. The number of para-hydroxylation sites is 2. The largest absolute Gasteiger partial charge is 0.309 e. The highest BCUT2D eigenvalue weighted by Gasteiger charge is 2.19. The summed E-state index contributed by atoms with van der Waals surface area (Å²) in [6.45, 7) is 0. The summed E-state index contributed by atoms with van der Waals surface area (Å²) in [6.07, 6.45) is 6.82. The van der Waals surface area contributed by atoms with Crippen LogP contribution in [-0.4, -0.2) is 9.13 Å². The van der Waals surface area contributed by atoms with E-state index in [9.17, 15) is 0 Å². The highest BCUT2D eigenvalue weighted by atomic mass is 15.0. The Bertz CT molecular complexity index is 3380. The van der Waals surface area contributed by atoms with Crippen LogP contribution in [0, 0.1) is 0 Å². The molecule has 0 bridgehead atoms. The number of fused-ring (bicyclic) bond motifs is 13. The maximum Gasteiger partial charge on any atom is 0.0541 e. The Kier molecular flexibility index (Phi) is 6.20. The first-order chi connectivity index (χ1) is 26.8. The Hall–Kier alpha value is -6.90. The second-order valence-electron chi connectivity index (χ2n) is 14.8. The summed E-state index contributed by atoms with van der Waals surface area (Å²) in [4.78, 5) is 0. The molecule has 0 fully saturated rings. The van der Waals surface area contributed by atoms with Crippen molar-refractivity contribution in [1.29, 1.82) is 0 Å². The Morgan fingerprint density at radius 3 is 1.70 bits per heavy atom. The average molecular weight is 687 g/mol. The van der Waals surface area contributed by atoms with Crippen molar-refractivity contribution >= 4 is 82.0 Å². The number of benzene rings is 9. The van der Waals surface area contributed by atoms with Crippen molar-refractivity contribution in [2.45, 2.75) is 12.8 Å². The van der Waals surface area contributed by atoms with Gasteiger partial charge in [0.2, 0.25) is 0 Å². The molecule has 0 unspecified atom stereocenters. The zero-order chi connectivity index (χ0) is 35.3. The minimum atomic E-state index is 1.07. The van der Waals surface area contributed by atoms with Crippen molar-refractivity contribution in [3.05, 3.63) is 187 Å². The van der Waals surface area contributed by atoms with E-state index in [-0.39, 0.29) is 0 Å². The molecule has 0 amide bonds. The number of aromatic nitrogens is 2. The minimum absolute atomic E-state index is 1.07. The zero-order valence-corrected chi connectivity index (χ0v) is 29.6. The third-order valence-electron chi connectivity index (χ3n) is 12.0. The quantitative estimate of drug-likeness (QED) is 0.164. The van der Waals surface area contributed by atoms with Gasteiger partial charge in [-0.1, -0.05) is 127 Å². The average Bonchev–Trinajstić information content (AvgIpc) is 3.75. The van der Waals surface area contributed by atoms with Gasteiger partial charge in [0.05, 0.1) is 27.8 Å². The molecule has 1 aliphatic carbocycles. The first-order valence-corrected chi connectivity index (χ1v) is 19.0. The van der Waals surface area contributed by atoms with Crippen molar-refractivity contribution in [1.82, 2.24) is 9.13 Å². The maximum atomic E-state index is 2.47. The molecule has 0 N–H and O–H groups in total. The summed E-state index contributed by atoms with van der Waals surface area (Å²) in [5, 5.41) is 13.0. The molecule has 0 saturated heterocycles. The molecule has 0 aliphatic heterocycles. The second-order valence-corrected chi connectivity index (χ2v) is 14.8. The zero-order valence-electron chi connectivity index (χ0n) is 29.6. The lowest BCUT2D eigenvalue weighted by molar-refractivity contribution is 1.000. The summed E-state index contributed by atoms with van der Waals surface area (Å²) in [5.41, 5.74) is 12.6. The molecule has 0 radical (unpaired) electrons. The van der Waals surface area contributed by atoms with Crippen LogP contribution in [-0.2, 0) is 6.42 Å². The molecule has 0 atom stereocenters. The fraction of sp³-hybridized carbons (Fsp3) is 0.0385. The van der Waals surface area contributed by atoms with Gasteiger partial charge >= 0.3 is 0 Å². The number of aryl methyl sites for hydroxylation is 1. The van der Waals surface area contributed by atoms with Gasteiger partial charge in [0.15, 0.2) is 0 Å². The Balaban J connectivity index is 1.05. The van der Waals surface area contributed by atoms with E-state index in [1.807, 2.05) is 0 Å². The topological polar surface area (TPSA) is 9.86 Å². The molecule has 2 heteroatoms. The highest BCUT2D eigenvalue weighted by Crippen LogP contribution is 2.41. The van der Waals surface area contributed by atoms with Crippen LogP contribution in [0.25, 0.3) is 105 Å².